The van der Waals surface area contributed by atoms with Gasteiger partial charge in [0.2, 0.25) is 10.0 Å². The van der Waals surface area contributed by atoms with Crippen molar-refractivity contribution in [2.75, 3.05) is 19.6 Å². The van der Waals surface area contributed by atoms with Crippen LogP contribution in [0, 0.1) is 11.8 Å². The first-order valence-electron chi connectivity index (χ1n) is 14.4. The third-order valence-electron chi connectivity index (χ3n) is 8.22. The number of fused-ring (bicyclic) bond motifs is 1. The van der Waals surface area contributed by atoms with Crippen molar-refractivity contribution >= 4 is 27.6 Å². The molecule has 0 radical (unpaired) electrons. The molecule has 226 valence electrons. The SMILES string of the molecule is C/C(=N/NC(=O)c1ccccc1S(N)(=O)=O)[C@@H](CN1CCCCC1)[C@H](C1=C(O)[C@@H]2C=CC=C[C@@H]2OC1=O)c1ccccc1. The van der Waals surface area contributed by atoms with Gasteiger partial charge in [-0.2, -0.15) is 5.10 Å². The van der Waals surface area contributed by atoms with Gasteiger partial charge in [0.15, 0.2) is 0 Å². The number of hydrazone groups is 1. The summed E-state index contributed by atoms with van der Waals surface area (Å²) in [6, 6.07) is 15.1. The number of likely N-dealkylation sites (tertiary alicyclic amines) is 1. The van der Waals surface area contributed by atoms with E-state index in [1.807, 2.05) is 42.5 Å². The fourth-order valence-electron chi connectivity index (χ4n) is 6.05. The van der Waals surface area contributed by atoms with Gasteiger partial charge in [-0.15, -0.1) is 0 Å². The number of ether oxygens (including phenoxy) is 1. The number of benzene rings is 2. The highest BCUT2D eigenvalue weighted by Gasteiger charge is 2.43. The first-order valence-corrected chi connectivity index (χ1v) is 15.9. The zero-order valence-electron chi connectivity index (χ0n) is 23.9. The number of nitrogens with one attached hydrogen (secondary N) is 1. The Kier molecular flexibility index (Phi) is 9.24. The van der Waals surface area contributed by atoms with Crippen molar-refractivity contribution in [2.45, 2.75) is 43.1 Å². The molecule has 2 heterocycles. The molecule has 0 spiro atoms. The number of sulfonamides is 1. The Balaban J connectivity index is 1.57. The average Bonchev–Trinajstić information content (AvgIpc) is 3.01. The van der Waals surface area contributed by atoms with Crippen molar-refractivity contribution in [1.82, 2.24) is 10.3 Å². The Morgan fingerprint density at radius 1 is 1.07 bits per heavy atom. The molecule has 2 aromatic carbocycles. The van der Waals surface area contributed by atoms with Gasteiger partial charge in [-0.25, -0.2) is 23.8 Å². The second-order valence-electron chi connectivity index (χ2n) is 11.1. The lowest BCUT2D eigenvalue weighted by molar-refractivity contribution is -0.146. The van der Waals surface area contributed by atoms with Gasteiger partial charge in [-0.3, -0.25) is 4.79 Å². The molecule has 4 atom stereocenters. The topological polar surface area (TPSA) is 151 Å². The highest BCUT2D eigenvalue weighted by molar-refractivity contribution is 7.89. The maximum atomic E-state index is 13.6. The van der Waals surface area contributed by atoms with E-state index in [4.69, 9.17) is 9.88 Å². The molecule has 11 heteroatoms. The molecule has 3 aliphatic rings. The van der Waals surface area contributed by atoms with Gasteiger partial charge < -0.3 is 14.7 Å². The van der Waals surface area contributed by atoms with E-state index in [0.29, 0.717) is 12.3 Å². The number of piperidine rings is 1. The number of allylic oxidation sites excluding steroid dienone is 2. The minimum Gasteiger partial charge on any atom is -0.511 e. The van der Waals surface area contributed by atoms with E-state index in [0.717, 1.165) is 37.9 Å². The number of carbonyl (C=O) groups excluding carboxylic acids is 2. The van der Waals surface area contributed by atoms with E-state index in [1.165, 1.54) is 24.3 Å². The van der Waals surface area contributed by atoms with Crippen molar-refractivity contribution in [3.8, 4) is 0 Å². The van der Waals surface area contributed by atoms with Crippen LogP contribution in [0.4, 0.5) is 0 Å². The molecule has 1 aliphatic carbocycles. The summed E-state index contributed by atoms with van der Waals surface area (Å²) in [6.07, 6.45) is 9.79. The van der Waals surface area contributed by atoms with E-state index in [1.54, 1.807) is 19.1 Å². The van der Waals surface area contributed by atoms with Crippen LogP contribution >= 0.6 is 0 Å². The van der Waals surface area contributed by atoms with Gasteiger partial charge in [0.25, 0.3) is 5.91 Å². The fourth-order valence-corrected chi connectivity index (χ4v) is 6.78. The Labute approximate surface area is 251 Å². The summed E-state index contributed by atoms with van der Waals surface area (Å²) in [5.41, 5.74) is 3.82. The second kappa shape index (κ2) is 13.1. The van der Waals surface area contributed by atoms with E-state index < -0.39 is 45.8 Å². The third-order valence-corrected chi connectivity index (χ3v) is 9.19. The summed E-state index contributed by atoms with van der Waals surface area (Å²) >= 11 is 0. The van der Waals surface area contributed by atoms with Crippen LogP contribution in [-0.2, 0) is 19.6 Å². The number of hydrogen-bond acceptors (Lipinski definition) is 8. The smallest absolute Gasteiger partial charge is 0.338 e. The minimum atomic E-state index is -4.15. The molecule has 0 aromatic heterocycles. The molecule has 4 N–H and O–H groups in total. The number of aliphatic hydroxyl groups is 1. The van der Waals surface area contributed by atoms with Crippen molar-refractivity contribution in [3.63, 3.8) is 0 Å². The Hall–Kier alpha value is -4.06. The Morgan fingerprint density at radius 3 is 2.47 bits per heavy atom. The molecule has 43 heavy (non-hydrogen) atoms. The number of hydrogen-bond donors (Lipinski definition) is 3. The number of esters is 1. The van der Waals surface area contributed by atoms with Crippen molar-refractivity contribution in [3.05, 3.63) is 101 Å². The van der Waals surface area contributed by atoms with Crippen LogP contribution in [0.3, 0.4) is 0 Å². The molecule has 1 amide bonds. The summed E-state index contributed by atoms with van der Waals surface area (Å²) < 4.78 is 30.0. The van der Waals surface area contributed by atoms with Crippen LogP contribution in [0.1, 0.15) is 48.0 Å². The summed E-state index contributed by atoms with van der Waals surface area (Å²) in [5.74, 6) is -3.00. The molecule has 5 rings (SSSR count). The number of primary sulfonamides is 1. The maximum Gasteiger partial charge on any atom is 0.338 e. The van der Waals surface area contributed by atoms with Gasteiger partial charge in [0.1, 0.15) is 11.9 Å². The van der Waals surface area contributed by atoms with Crippen LogP contribution in [-0.4, -0.2) is 61.8 Å². The molecular formula is C32H36N4O6S. The van der Waals surface area contributed by atoms with Gasteiger partial charge in [-0.05, 0) is 56.6 Å². The van der Waals surface area contributed by atoms with Crippen molar-refractivity contribution in [1.29, 1.82) is 0 Å². The number of nitrogens with zero attached hydrogens (tertiary/aromatic N) is 2. The molecule has 0 saturated carbocycles. The van der Waals surface area contributed by atoms with Crippen molar-refractivity contribution < 1.29 is 27.9 Å². The number of carbonyl (C=O) groups is 2. The zero-order valence-corrected chi connectivity index (χ0v) is 24.7. The average molecular weight is 605 g/mol. The summed E-state index contributed by atoms with van der Waals surface area (Å²) in [7, 11) is -4.15. The highest BCUT2D eigenvalue weighted by atomic mass is 32.2. The first-order chi connectivity index (χ1) is 20.6. The number of aliphatic hydroxyl groups excluding tert-OH is 1. The number of rotatable bonds is 9. The molecule has 1 fully saturated rings. The zero-order chi connectivity index (χ0) is 30.6. The minimum absolute atomic E-state index is 0.0433. The van der Waals surface area contributed by atoms with E-state index in [2.05, 4.69) is 15.4 Å². The predicted octanol–water partition coefficient (Wildman–Crippen LogP) is 3.81. The molecular weight excluding hydrogens is 568 g/mol. The fraction of sp³-hybridized carbons (Fsp3) is 0.344. The van der Waals surface area contributed by atoms with Crippen LogP contribution in [0.2, 0.25) is 0 Å². The maximum absolute atomic E-state index is 13.6. The lowest BCUT2D eigenvalue weighted by Crippen LogP contribution is -2.43. The largest absolute Gasteiger partial charge is 0.511 e. The normalized spacial score (nSPS) is 22.5. The van der Waals surface area contributed by atoms with Crippen LogP contribution in [0.25, 0.3) is 0 Å². The van der Waals surface area contributed by atoms with Crippen LogP contribution in [0.5, 0.6) is 0 Å². The Bertz CT molecular complexity index is 1590. The van der Waals surface area contributed by atoms with Crippen LogP contribution < -0.4 is 10.6 Å². The van der Waals surface area contributed by atoms with E-state index in [-0.39, 0.29) is 21.8 Å². The van der Waals surface area contributed by atoms with Crippen molar-refractivity contribution in [2.24, 2.45) is 22.1 Å². The first kappa shape index (κ1) is 30.4. The number of nitrogens with two attached hydrogens (primary N) is 1. The molecule has 1 saturated heterocycles. The van der Waals surface area contributed by atoms with Gasteiger partial charge in [0.05, 0.1) is 21.9 Å². The lowest BCUT2D eigenvalue weighted by atomic mass is 9.74. The van der Waals surface area contributed by atoms with Gasteiger partial charge in [0, 0.05) is 24.1 Å². The second-order valence-corrected chi connectivity index (χ2v) is 12.6. The summed E-state index contributed by atoms with van der Waals surface area (Å²) in [5, 5.41) is 21.3. The van der Waals surface area contributed by atoms with Gasteiger partial charge in [-0.1, -0.05) is 67.1 Å². The van der Waals surface area contributed by atoms with Crippen LogP contribution in [0.15, 0.2) is 100 Å². The molecule has 2 aliphatic heterocycles. The Morgan fingerprint density at radius 2 is 1.74 bits per heavy atom. The standard InChI is InChI=1S/C32H36N4O6S/c1-21(34-35-31(38)24-15-7-9-17-27(24)43(33,40)41)25(20-36-18-10-3-11-19-36)28(22-12-4-2-5-13-22)29-30(37)23-14-6-8-16-26(23)42-32(29)39/h2,4-9,12-17,23,25-26,28,37H,3,10-11,18-20H2,1H3,(H,35,38)(H2,33,40,41)/b34-21-/t23-,25-,26+,28-/m1/s1. The monoisotopic (exact) mass is 604 g/mol. The van der Waals surface area contributed by atoms with E-state index >= 15 is 0 Å². The lowest BCUT2D eigenvalue weighted by Gasteiger charge is -2.38. The predicted molar refractivity (Wildman–Crippen MR) is 163 cm³/mol. The summed E-state index contributed by atoms with van der Waals surface area (Å²) in [4.78, 5) is 28.7. The molecule has 0 bridgehead atoms. The quantitative estimate of drug-likeness (QED) is 0.224. The number of amides is 1. The summed E-state index contributed by atoms with van der Waals surface area (Å²) in [6.45, 7) is 4.00. The highest BCUT2D eigenvalue weighted by Crippen LogP contribution is 2.42. The molecule has 10 nitrogen and oxygen atoms in total. The van der Waals surface area contributed by atoms with E-state index in [9.17, 15) is 23.1 Å². The third kappa shape index (κ3) is 6.79. The molecule has 0 unspecified atom stereocenters. The van der Waals surface area contributed by atoms with Gasteiger partial charge >= 0.3 is 5.97 Å². The molecule has 2 aromatic rings.